The van der Waals surface area contributed by atoms with Crippen LogP contribution in [0.15, 0.2) is 73.0 Å². The normalized spacial score (nSPS) is 11.5. The molecule has 0 aliphatic rings. The van der Waals surface area contributed by atoms with Gasteiger partial charge in [-0.3, -0.25) is 4.79 Å². The van der Waals surface area contributed by atoms with Crippen molar-refractivity contribution in [1.82, 2.24) is 0 Å². The molecule has 138 valence electrons. The molecule has 0 saturated carbocycles. The van der Waals surface area contributed by atoms with Gasteiger partial charge in [0.25, 0.3) is 0 Å². The van der Waals surface area contributed by atoms with E-state index >= 15 is 0 Å². The molecule has 0 aliphatic carbocycles. The Morgan fingerprint density at radius 3 is 1.96 bits per heavy atom. The molecule has 0 bridgehead atoms. The summed E-state index contributed by atoms with van der Waals surface area (Å²) in [4.78, 5) is 37.3. The van der Waals surface area contributed by atoms with Gasteiger partial charge in [-0.05, 0) is 49.3 Å². The van der Waals surface area contributed by atoms with E-state index in [0.717, 1.165) is 5.39 Å². The van der Waals surface area contributed by atoms with E-state index in [0.29, 0.717) is 27.7 Å². The van der Waals surface area contributed by atoms with Gasteiger partial charge >= 0.3 is 11.3 Å². The zero-order valence-corrected chi connectivity index (χ0v) is 15.3. The van der Waals surface area contributed by atoms with E-state index < -0.39 is 17.0 Å². The Labute approximate surface area is 159 Å². The quantitative estimate of drug-likeness (QED) is 0.302. The Hall–Kier alpha value is -3.73. The number of benzene rings is 2. The summed E-state index contributed by atoms with van der Waals surface area (Å²) in [6, 6.07) is 14.2. The molecule has 4 aromatic rings. The predicted molar refractivity (Wildman–Crippen MR) is 108 cm³/mol. The van der Waals surface area contributed by atoms with Crippen molar-refractivity contribution in [2.24, 2.45) is 0 Å². The van der Waals surface area contributed by atoms with E-state index in [1.807, 2.05) is 18.2 Å². The number of hydrogen-bond donors (Lipinski definition) is 0. The van der Waals surface area contributed by atoms with Gasteiger partial charge in [-0.15, -0.1) is 0 Å². The molecule has 0 aliphatic heterocycles. The maximum absolute atomic E-state index is 12.7. The van der Waals surface area contributed by atoms with Crippen LogP contribution < -0.4 is 11.3 Å². The predicted octanol–water partition coefficient (Wildman–Crippen LogP) is 4.41. The topological polar surface area (TPSA) is 77.5 Å². The molecular weight excluding hydrogens is 356 g/mol. The van der Waals surface area contributed by atoms with E-state index in [4.69, 9.17) is 8.83 Å². The molecule has 4 rings (SSSR count). The van der Waals surface area contributed by atoms with E-state index in [-0.39, 0.29) is 11.1 Å². The highest BCUT2D eigenvalue weighted by Gasteiger charge is 2.17. The molecule has 0 radical (unpaired) electrons. The molecule has 2 aromatic carbocycles. The first-order valence-corrected chi connectivity index (χ1v) is 8.74. The lowest BCUT2D eigenvalue weighted by molar-refractivity contribution is 0.104. The third-order valence-corrected chi connectivity index (χ3v) is 4.84. The number of allylic oxidation sites excluding steroid dienone is 1. The molecule has 28 heavy (non-hydrogen) atoms. The first-order chi connectivity index (χ1) is 13.5. The van der Waals surface area contributed by atoms with E-state index in [1.165, 1.54) is 12.2 Å². The van der Waals surface area contributed by atoms with Crippen LogP contribution in [0.25, 0.3) is 28.0 Å². The molecule has 0 unspecified atom stereocenters. The lowest BCUT2D eigenvalue weighted by Crippen LogP contribution is -2.15. The van der Waals surface area contributed by atoms with Gasteiger partial charge in [0.15, 0.2) is 5.78 Å². The van der Waals surface area contributed by atoms with Gasteiger partial charge in [-0.25, -0.2) is 9.59 Å². The fourth-order valence-electron chi connectivity index (χ4n) is 3.34. The molecule has 2 heterocycles. The van der Waals surface area contributed by atoms with Gasteiger partial charge < -0.3 is 8.83 Å². The third kappa shape index (κ3) is 2.87. The number of rotatable bonds is 3. The second-order valence-corrected chi connectivity index (χ2v) is 6.51. The Bertz CT molecular complexity index is 1390. The fraction of sp³-hybridized carbons (Fsp3) is 0.0870. The van der Waals surface area contributed by atoms with Crippen LogP contribution in [0, 0.1) is 13.8 Å². The molecule has 0 saturated heterocycles. The number of carbonyl (C=O) groups is 1. The van der Waals surface area contributed by atoms with E-state index in [9.17, 15) is 14.4 Å². The molecule has 0 spiro atoms. The van der Waals surface area contributed by atoms with Gasteiger partial charge in [0.05, 0.1) is 5.56 Å². The fourth-order valence-corrected chi connectivity index (χ4v) is 3.34. The summed E-state index contributed by atoms with van der Waals surface area (Å²) in [7, 11) is 0. The van der Waals surface area contributed by atoms with Gasteiger partial charge in [-0.2, -0.15) is 0 Å². The summed E-state index contributed by atoms with van der Waals surface area (Å²) >= 11 is 0. The SMILES string of the molecule is Cc1c(/C=C/C(=O)c2c(C)c3ccccc3oc2=O)c(=O)oc2ccccc12. The molecule has 5 nitrogen and oxygen atoms in total. The van der Waals surface area contributed by atoms with Crippen molar-refractivity contribution in [3.8, 4) is 0 Å². The van der Waals surface area contributed by atoms with Crippen LogP contribution >= 0.6 is 0 Å². The van der Waals surface area contributed by atoms with Gasteiger partial charge in [-0.1, -0.05) is 36.4 Å². The summed E-state index contributed by atoms with van der Waals surface area (Å²) in [6.07, 6.45) is 2.60. The number of carbonyl (C=O) groups excluding carboxylic acids is 1. The Morgan fingerprint density at radius 1 is 0.786 bits per heavy atom. The second-order valence-electron chi connectivity index (χ2n) is 6.51. The van der Waals surface area contributed by atoms with Crippen molar-refractivity contribution in [2.45, 2.75) is 13.8 Å². The minimum atomic E-state index is -0.701. The first kappa shape index (κ1) is 17.7. The van der Waals surface area contributed by atoms with Crippen molar-refractivity contribution in [3.05, 3.63) is 97.7 Å². The molecule has 0 amide bonds. The second kappa shape index (κ2) is 6.78. The van der Waals surface area contributed by atoms with E-state index in [2.05, 4.69) is 0 Å². The summed E-state index contributed by atoms with van der Waals surface area (Å²) in [5, 5.41) is 1.48. The maximum Gasteiger partial charge on any atom is 0.347 e. The number of ketones is 1. The van der Waals surface area contributed by atoms with Gasteiger partial charge in [0, 0.05) is 10.8 Å². The van der Waals surface area contributed by atoms with Crippen molar-refractivity contribution in [1.29, 1.82) is 0 Å². The Kier molecular flexibility index (Phi) is 4.28. The average Bonchev–Trinajstić information content (AvgIpc) is 2.68. The van der Waals surface area contributed by atoms with Gasteiger partial charge in [0.1, 0.15) is 16.7 Å². The lowest BCUT2D eigenvalue weighted by atomic mass is 10.0. The van der Waals surface area contributed by atoms with Gasteiger partial charge in [0.2, 0.25) is 0 Å². The molecule has 0 atom stereocenters. The van der Waals surface area contributed by atoms with Crippen molar-refractivity contribution in [3.63, 3.8) is 0 Å². The van der Waals surface area contributed by atoms with Crippen LogP contribution in [0.1, 0.15) is 27.0 Å². The molecular formula is C23H16O5. The minimum absolute atomic E-state index is 0.0437. The standard InChI is InChI=1S/C23H16O5/c1-13-15-7-3-5-9-19(15)27-22(25)17(13)11-12-18(24)21-14(2)16-8-4-6-10-20(16)28-23(21)26/h3-12H,1-2H3/b12-11+. The first-order valence-electron chi connectivity index (χ1n) is 8.74. The average molecular weight is 372 g/mol. The van der Waals surface area contributed by atoms with Crippen molar-refractivity contribution < 1.29 is 13.6 Å². The highest BCUT2D eigenvalue weighted by molar-refractivity contribution is 6.09. The van der Waals surface area contributed by atoms with Crippen LogP contribution in [-0.4, -0.2) is 5.78 Å². The number of aryl methyl sites for hydroxylation is 2. The monoisotopic (exact) mass is 372 g/mol. The maximum atomic E-state index is 12.7. The van der Waals surface area contributed by atoms with Crippen molar-refractivity contribution in [2.75, 3.05) is 0 Å². The van der Waals surface area contributed by atoms with Crippen LogP contribution in [0.5, 0.6) is 0 Å². The molecule has 0 N–H and O–H groups in total. The zero-order chi connectivity index (χ0) is 19.8. The molecule has 0 fully saturated rings. The summed E-state index contributed by atoms with van der Waals surface area (Å²) in [6.45, 7) is 3.50. The number of fused-ring (bicyclic) bond motifs is 2. The largest absolute Gasteiger partial charge is 0.422 e. The lowest BCUT2D eigenvalue weighted by Gasteiger charge is -2.05. The zero-order valence-electron chi connectivity index (χ0n) is 15.3. The number of para-hydroxylation sites is 2. The minimum Gasteiger partial charge on any atom is -0.422 e. The van der Waals surface area contributed by atoms with Crippen LogP contribution in [0.2, 0.25) is 0 Å². The summed E-state index contributed by atoms with van der Waals surface area (Å²) in [5.74, 6) is -0.524. The van der Waals surface area contributed by atoms with Crippen LogP contribution in [-0.2, 0) is 0 Å². The van der Waals surface area contributed by atoms with Crippen LogP contribution in [0.4, 0.5) is 0 Å². The molecule has 5 heteroatoms. The Balaban J connectivity index is 1.81. The highest BCUT2D eigenvalue weighted by Crippen LogP contribution is 2.21. The van der Waals surface area contributed by atoms with Crippen LogP contribution in [0.3, 0.4) is 0 Å². The van der Waals surface area contributed by atoms with E-state index in [1.54, 1.807) is 44.2 Å². The summed E-state index contributed by atoms with van der Waals surface area (Å²) < 4.78 is 10.6. The highest BCUT2D eigenvalue weighted by atomic mass is 16.4. The third-order valence-electron chi connectivity index (χ3n) is 4.84. The van der Waals surface area contributed by atoms with Crippen molar-refractivity contribution >= 4 is 33.8 Å². The summed E-state index contributed by atoms with van der Waals surface area (Å²) in [5.41, 5.74) is 1.15. The Morgan fingerprint density at radius 2 is 1.32 bits per heavy atom. The number of hydrogen-bond acceptors (Lipinski definition) is 5. The smallest absolute Gasteiger partial charge is 0.347 e. The molecule has 2 aromatic heterocycles.